The Hall–Kier alpha value is -1.54. The topological polar surface area (TPSA) is 60.3 Å². The molecular weight excluding hydrogens is 455 g/mol. The van der Waals surface area contributed by atoms with E-state index in [0.29, 0.717) is 40.5 Å². The molecule has 7 heteroatoms. The number of nitrogens with zero attached hydrogens (tertiary/aromatic N) is 1. The Morgan fingerprint density at radius 1 is 1.36 bits per heavy atom. The molecule has 1 heterocycles. The molecule has 1 N–H and O–H groups in total. The first-order valence-corrected chi connectivity index (χ1v) is 9.53. The molecule has 0 saturated carbocycles. The Morgan fingerprint density at radius 2 is 2.08 bits per heavy atom. The lowest BCUT2D eigenvalue weighted by Crippen LogP contribution is -2.27. The van der Waals surface area contributed by atoms with Gasteiger partial charge in [0.25, 0.3) is 5.56 Å². The number of pyridine rings is 1. The fourth-order valence-corrected chi connectivity index (χ4v) is 4.06. The van der Waals surface area contributed by atoms with Crippen molar-refractivity contribution in [2.24, 2.45) is 7.05 Å². The average Bonchev–Trinajstić information content (AvgIpc) is 3.04. The SMILES string of the molecule is CCOC(=O)c1c2c(c(=O)n(C)c1Nc1ccc(I)cc1Cl)CCC2. The van der Waals surface area contributed by atoms with E-state index in [1.54, 1.807) is 14.0 Å². The predicted octanol–water partition coefficient (Wildman–Crippen LogP) is 4.05. The molecule has 25 heavy (non-hydrogen) atoms. The Morgan fingerprint density at radius 3 is 2.76 bits per heavy atom. The van der Waals surface area contributed by atoms with E-state index >= 15 is 0 Å². The summed E-state index contributed by atoms with van der Waals surface area (Å²) in [6.07, 6.45) is 2.26. The van der Waals surface area contributed by atoms with Crippen LogP contribution < -0.4 is 10.9 Å². The van der Waals surface area contributed by atoms with Gasteiger partial charge in [0.1, 0.15) is 11.4 Å². The van der Waals surface area contributed by atoms with Gasteiger partial charge in [-0.1, -0.05) is 11.6 Å². The average molecular weight is 473 g/mol. The number of benzene rings is 1. The lowest BCUT2D eigenvalue weighted by atomic mass is 10.0. The van der Waals surface area contributed by atoms with Crippen LogP contribution in [-0.4, -0.2) is 17.1 Å². The second kappa shape index (κ2) is 7.37. The lowest BCUT2D eigenvalue weighted by Gasteiger charge is -2.19. The second-order valence-electron chi connectivity index (χ2n) is 5.87. The van der Waals surface area contributed by atoms with Crippen molar-refractivity contribution in [1.29, 1.82) is 0 Å². The number of halogens is 2. The second-order valence-corrected chi connectivity index (χ2v) is 7.52. The molecule has 3 rings (SSSR count). The number of carbonyl (C=O) groups excluding carboxylic acids is 1. The Kier molecular flexibility index (Phi) is 5.38. The van der Waals surface area contributed by atoms with Gasteiger partial charge in [0.2, 0.25) is 0 Å². The Balaban J connectivity index is 2.19. The maximum Gasteiger partial charge on any atom is 0.342 e. The molecule has 1 aromatic heterocycles. The van der Waals surface area contributed by atoms with Gasteiger partial charge in [-0.3, -0.25) is 9.36 Å². The van der Waals surface area contributed by atoms with Gasteiger partial charge >= 0.3 is 5.97 Å². The number of esters is 1. The molecule has 1 aliphatic carbocycles. The summed E-state index contributed by atoms with van der Waals surface area (Å²) in [6.45, 7) is 2.05. The maximum absolute atomic E-state index is 12.7. The van der Waals surface area contributed by atoms with Crippen molar-refractivity contribution < 1.29 is 9.53 Å². The summed E-state index contributed by atoms with van der Waals surface area (Å²) in [6, 6.07) is 5.56. The molecule has 2 aromatic rings. The number of anilines is 2. The van der Waals surface area contributed by atoms with Gasteiger partial charge in [0, 0.05) is 16.2 Å². The third-order valence-corrected chi connectivity index (χ3v) is 5.30. The summed E-state index contributed by atoms with van der Waals surface area (Å²) < 4.78 is 7.73. The molecule has 0 atom stereocenters. The van der Waals surface area contributed by atoms with E-state index in [1.807, 2.05) is 18.2 Å². The molecule has 1 aliphatic rings. The van der Waals surface area contributed by atoms with Crippen LogP contribution in [0.1, 0.15) is 34.8 Å². The zero-order valence-corrected chi connectivity index (χ0v) is 16.9. The van der Waals surface area contributed by atoms with Gasteiger partial charge in [0.15, 0.2) is 0 Å². The summed E-state index contributed by atoms with van der Waals surface area (Å²) >= 11 is 8.49. The van der Waals surface area contributed by atoms with E-state index < -0.39 is 5.97 Å². The first kappa shape index (κ1) is 18.3. The third-order valence-electron chi connectivity index (χ3n) is 4.32. The van der Waals surface area contributed by atoms with Crippen molar-refractivity contribution in [3.05, 3.63) is 53.8 Å². The molecule has 0 fully saturated rings. The fourth-order valence-electron chi connectivity index (χ4n) is 3.16. The first-order chi connectivity index (χ1) is 11.9. The molecule has 0 aliphatic heterocycles. The van der Waals surface area contributed by atoms with Gasteiger partial charge in [-0.05, 0) is 72.5 Å². The summed E-state index contributed by atoms with van der Waals surface area (Å²) in [5.74, 6) is 0.00703. The first-order valence-electron chi connectivity index (χ1n) is 8.08. The molecule has 1 aromatic carbocycles. The number of hydrogen-bond donors (Lipinski definition) is 1. The zero-order valence-electron chi connectivity index (χ0n) is 14.0. The van der Waals surface area contributed by atoms with E-state index in [2.05, 4.69) is 27.9 Å². The normalized spacial score (nSPS) is 12.8. The van der Waals surface area contributed by atoms with Crippen molar-refractivity contribution in [2.45, 2.75) is 26.2 Å². The Bertz CT molecular complexity index is 908. The standard InChI is InChI=1S/C18H18ClIN2O3/c1-3-25-18(24)15-11-5-4-6-12(11)17(23)22(2)16(15)21-14-8-7-10(20)9-13(14)19/h7-9,21H,3-6H2,1-2H3. The molecule has 5 nitrogen and oxygen atoms in total. The number of hydrogen-bond acceptors (Lipinski definition) is 4. The van der Waals surface area contributed by atoms with E-state index in [1.165, 1.54) is 4.57 Å². The lowest BCUT2D eigenvalue weighted by molar-refractivity contribution is 0.0525. The molecule has 0 saturated heterocycles. The predicted molar refractivity (Wildman–Crippen MR) is 107 cm³/mol. The zero-order chi connectivity index (χ0) is 18.1. The van der Waals surface area contributed by atoms with E-state index in [0.717, 1.165) is 15.6 Å². The fraction of sp³-hybridized carbons (Fsp3) is 0.333. The highest BCUT2D eigenvalue weighted by Crippen LogP contribution is 2.32. The van der Waals surface area contributed by atoms with Crippen molar-refractivity contribution >= 4 is 51.7 Å². The largest absolute Gasteiger partial charge is 0.462 e. The number of aromatic nitrogens is 1. The molecule has 0 amide bonds. The summed E-state index contributed by atoms with van der Waals surface area (Å²) in [5.41, 5.74) is 2.51. The molecular formula is C18H18ClIN2O3. The number of nitrogens with one attached hydrogen (secondary N) is 1. The van der Waals surface area contributed by atoms with Crippen LogP contribution in [0.3, 0.4) is 0 Å². The van der Waals surface area contributed by atoms with E-state index in [-0.39, 0.29) is 12.2 Å². The van der Waals surface area contributed by atoms with E-state index in [9.17, 15) is 9.59 Å². The molecule has 0 unspecified atom stereocenters. The maximum atomic E-state index is 12.7. The monoisotopic (exact) mass is 472 g/mol. The van der Waals surface area contributed by atoms with Crippen LogP contribution in [0.5, 0.6) is 0 Å². The number of rotatable bonds is 4. The van der Waals surface area contributed by atoms with Gasteiger partial charge in [-0.25, -0.2) is 4.79 Å². The van der Waals surface area contributed by atoms with Crippen molar-refractivity contribution in [2.75, 3.05) is 11.9 Å². The van der Waals surface area contributed by atoms with Crippen molar-refractivity contribution in [1.82, 2.24) is 4.57 Å². The van der Waals surface area contributed by atoms with Crippen molar-refractivity contribution in [3.63, 3.8) is 0 Å². The molecule has 0 spiro atoms. The highest BCUT2D eigenvalue weighted by molar-refractivity contribution is 14.1. The Labute approximate surface area is 164 Å². The van der Waals surface area contributed by atoms with Crippen LogP contribution in [0.4, 0.5) is 11.5 Å². The van der Waals surface area contributed by atoms with Crippen LogP contribution in [0.2, 0.25) is 5.02 Å². The van der Waals surface area contributed by atoms with Crippen LogP contribution in [0.25, 0.3) is 0 Å². The van der Waals surface area contributed by atoms with E-state index in [4.69, 9.17) is 16.3 Å². The van der Waals surface area contributed by atoms with Crippen LogP contribution in [0.15, 0.2) is 23.0 Å². The van der Waals surface area contributed by atoms with Gasteiger partial charge in [-0.2, -0.15) is 0 Å². The highest BCUT2D eigenvalue weighted by atomic mass is 127. The minimum absolute atomic E-state index is 0.0790. The smallest absolute Gasteiger partial charge is 0.342 e. The number of carbonyl (C=O) groups is 1. The van der Waals surface area contributed by atoms with Crippen LogP contribution in [0, 0.1) is 3.57 Å². The quantitative estimate of drug-likeness (QED) is 0.539. The van der Waals surface area contributed by atoms with Gasteiger partial charge < -0.3 is 10.1 Å². The summed E-state index contributed by atoms with van der Waals surface area (Å²) in [7, 11) is 1.66. The minimum Gasteiger partial charge on any atom is -0.462 e. The summed E-state index contributed by atoms with van der Waals surface area (Å²) in [5, 5.41) is 3.70. The third kappa shape index (κ3) is 3.42. The van der Waals surface area contributed by atoms with Gasteiger partial charge in [-0.15, -0.1) is 0 Å². The van der Waals surface area contributed by atoms with Crippen LogP contribution >= 0.6 is 34.2 Å². The number of ether oxygens (including phenoxy) is 1. The molecule has 0 bridgehead atoms. The summed E-state index contributed by atoms with van der Waals surface area (Å²) in [4.78, 5) is 25.3. The minimum atomic E-state index is -0.416. The molecule has 132 valence electrons. The van der Waals surface area contributed by atoms with Crippen LogP contribution in [-0.2, 0) is 24.6 Å². The van der Waals surface area contributed by atoms with Gasteiger partial charge in [0.05, 0.1) is 17.3 Å². The van der Waals surface area contributed by atoms with Crippen molar-refractivity contribution in [3.8, 4) is 0 Å². The number of fused-ring (bicyclic) bond motifs is 1. The highest BCUT2D eigenvalue weighted by Gasteiger charge is 2.28. The molecule has 0 radical (unpaired) electrons.